The van der Waals surface area contributed by atoms with Crippen LogP contribution in [-0.4, -0.2) is 24.0 Å². The first kappa shape index (κ1) is 10.1. The van der Waals surface area contributed by atoms with Crippen LogP contribution in [0, 0.1) is 23.2 Å². The Morgan fingerprint density at radius 1 is 1.27 bits per heavy atom. The largest absolute Gasteiger partial charge is 0.300 e. The Morgan fingerprint density at radius 2 is 2.00 bits per heavy atom. The van der Waals surface area contributed by atoms with E-state index in [0.29, 0.717) is 5.41 Å². The Bertz CT molecular complexity index is 254. The lowest BCUT2D eigenvalue weighted by molar-refractivity contribution is 0.0932. The summed E-state index contributed by atoms with van der Waals surface area (Å²) in [5.41, 5.74) is 0.644. The van der Waals surface area contributed by atoms with Gasteiger partial charge in [-0.15, -0.1) is 0 Å². The Kier molecular flexibility index (Phi) is 2.18. The van der Waals surface area contributed by atoms with Crippen molar-refractivity contribution >= 4 is 0 Å². The van der Waals surface area contributed by atoms with E-state index < -0.39 is 0 Å². The zero-order valence-corrected chi connectivity index (χ0v) is 10.5. The molecule has 0 aromatic rings. The van der Waals surface area contributed by atoms with E-state index in [1.807, 2.05) is 0 Å². The van der Waals surface area contributed by atoms with Crippen LogP contribution in [0.15, 0.2) is 0 Å². The van der Waals surface area contributed by atoms with Crippen molar-refractivity contribution in [3.63, 3.8) is 0 Å². The number of hydrogen-bond acceptors (Lipinski definition) is 1. The van der Waals surface area contributed by atoms with Crippen LogP contribution in [0.4, 0.5) is 0 Å². The van der Waals surface area contributed by atoms with E-state index in [4.69, 9.17) is 0 Å². The van der Waals surface area contributed by atoms with E-state index in [1.165, 1.54) is 38.8 Å². The van der Waals surface area contributed by atoms with Crippen molar-refractivity contribution in [2.45, 2.75) is 52.5 Å². The maximum Gasteiger partial charge on any atom is 0.0130 e. The summed E-state index contributed by atoms with van der Waals surface area (Å²) in [6.45, 7) is 10.0. The Hall–Kier alpha value is -0.0400. The van der Waals surface area contributed by atoms with Crippen LogP contribution in [-0.2, 0) is 0 Å². The van der Waals surface area contributed by atoms with Gasteiger partial charge in [-0.2, -0.15) is 0 Å². The van der Waals surface area contributed by atoms with E-state index in [-0.39, 0.29) is 0 Å². The van der Waals surface area contributed by atoms with Gasteiger partial charge in [0.15, 0.2) is 0 Å². The fraction of sp³-hybridized carbons (Fsp3) is 1.00. The summed E-state index contributed by atoms with van der Waals surface area (Å²) in [5.74, 6) is 3.18. The Morgan fingerprint density at radius 3 is 2.53 bits per heavy atom. The highest BCUT2D eigenvalue weighted by Crippen LogP contribution is 2.55. The molecule has 0 aromatic heterocycles. The van der Waals surface area contributed by atoms with Crippen LogP contribution in [0.25, 0.3) is 0 Å². The molecule has 0 spiro atoms. The van der Waals surface area contributed by atoms with Gasteiger partial charge in [-0.05, 0) is 55.4 Å². The van der Waals surface area contributed by atoms with Crippen molar-refractivity contribution in [2.75, 3.05) is 13.1 Å². The van der Waals surface area contributed by atoms with Gasteiger partial charge in [0.05, 0.1) is 0 Å². The maximum atomic E-state index is 2.72. The van der Waals surface area contributed by atoms with Gasteiger partial charge in [-0.3, -0.25) is 0 Å². The lowest BCUT2D eigenvalue weighted by atomic mass is 9.65. The molecular formula is C14H25N. The van der Waals surface area contributed by atoms with Gasteiger partial charge in [-0.25, -0.2) is 0 Å². The Balaban J connectivity index is 1.61. The number of rotatable bonds is 4. The summed E-state index contributed by atoms with van der Waals surface area (Å²) < 4.78 is 0. The molecule has 0 aromatic carbocycles. The van der Waals surface area contributed by atoms with Crippen LogP contribution in [0.1, 0.15) is 46.5 Å². The maximum absolute atomic E-state index is 2.72. The predicted octanol–water partition coefficient (Wildman–Crippen LogP) is 3.15. The smallest absolute Gasteiger partial charge is 0.0130 e. The van der Waals surface area contributed by atoms with E-state index in [0.717, 1.165) is 23.8 Å². The molecule has 2 bridgehead atoms. The highest BCUT2D eigenvalue weighted by molar-refractivity contribution is 5.06. The topological polar surface area (TPSA) is 3.24 Å². The normalized spacial score (nSPS) is 40.6. The van der Waals surface area contributed by atoms with Gasteiger partial charge in [0.2, 0.25) is 0 Å². The SMILES string of the molecule is CCN1CC2CC1C2CC(C)(C)C1CC1. The average Bonchev–Trinajstić information content (AvgIpc) is 2.89. The van der Waals surface area contributed by atoms with E-state index in [1.54, 1.807) is 0 Å². The fourth-order valence-corrected chi connectivity index (χ4v) is 4.15. The third-order valence-electron chi connectivity index (χ3n) is 5.43. The van der Waals surface area contributed by atoms with E-state index in [2.05, 4.69) is 25.7 Å². The van der Waals surface area contributed by atoms with Crippen molar-refractivity contribution in [3.05, 3.63) is 0 Å². The van der Waals surface area contributed by atoms with Crippen LogP contribution in [0.2, 0.25) is 0 Å². The molecule has 1 nitrogen and oxygen atoms in total. The van der Waals surface area contributed by atoms with Gasteiger partial charge >= 0.3 is 0 Å². The quantitative estimate of drug-likeness (QED) is 0.684. The van der Waals surface area contributed by atoms with Gasteiger partial charge in [0.1, 0.15) is 0 Å². The zero-order chi connectivity index (χ0) is 10.6. The highest BCUT2D eigenvalue weighted by Gasteiger charge is 2.53. The molecule has 2 aliphatic heterocycles. The Labute approximate surface area is 94.2 Å². The minimum atomic E-state index is 0.644. The second-order valence-corrected chi connectivity index (χ2v) is 6.78. The first-order valence-electron chi connectivity index (χ1n) is 6.86. The highest BCUT2D eigenvalue weighted by atomic mass is 15.2. The standard InChI is InChI=1S/C14H25N/c1-4-15-9-10-7-13(15)12(10)8-14(2,3)11-5-6-11/h10-13H,4-9H2,1-3H3. The molecule has 15 heavy (non-hydrogen) atoms. The molecule has 2 saturated carbocycles. The summed E-state index contributed by atoms with van der Waals surface area (Å²) in [4.78, 5) is 2.72. The molecule has 2 saturated heterocycles. The molecule has 0 amide bonds. The second kappa shape index (κ2) is 3.23. The number of fused-ring (bicyclic) bond motifs is 1. The summed E-state index contributed by atoms with van der Waals surface area (Å²) in [7, 11) is 0. The molecule has 0 radical (unpaired) electrons. The van der Waals surface area contributed by atoms with Gasteiger partial charge in [0.25, 0.3) is 0 Å². The van der Waals surface area contributed by atoms with Gasteiger partial charge in [0, 0.05) is 12.6 Å². The molecule has 2 heterocycles. The van der Waals surface area contributed by atoms with Crippen molar-refractivity contribution in [2.24, 2.45) is 23.2 Å². The molecule has 1 heteroatoms. The molecule has 0 N–H and O–H groups in total. The van der Waals surface area contributed by atoms with E-state index in [9.17, 15) is 0 Å². The first-order valence-corrected chi connectivity index (χ1v) is 6.86. The van der Waals surface area contributed by atoms with Gasteiger partial charge < -0.3 is 4.90 Å². The molecule has 86 valence electrons. The van der Waals surface area contributed by atoms with Crippen LogP contribution in [0.5, 0.6) is 0 Å². The molecule has 4 aliphatic rings. The summed E-state index contributed by atoms with van der Waals surface area (Å²) in [6, 6.07) is 0.970. The molecule has 4 fully saturated rings. The van der Waals surface area contributed by atoms with Crippen LogP contribution < -0.4 is 0 Å². The monoisotopic (exact) mass is 207 g/mol. The second-order valence-electron chi connectivity index (χ2n) is 6.78. The van der Waals surface area contributed by atoms with Crippen LogP contribution >= 0.6 is 0 Å². The minimum Gasteiger partial charge on any atom is -0.300 e. The number of hydrogen-bond donors (Lipinski definition) is 0. The van der Waals surface area contributed by atoms with E-state index >= 15 is 0 Å². The lowest BCUT2D eigenvalue weighted by Crippen LogP contribution is -2.41. The molecule has 3 atom stereocenters. The third-order valence-corrected chi connectivity index (χ3v) is 5.43. The molecule has 2 aliphatic carbocycles. The van der Waals surface area contributed by atoms with Crippen molar-refractivity contribution in [1.29, 1.82) is 0 Å². The summed E-state index contributed by atoms with van der Waals surface area (Å²) >= 11 is 0. The minimum absolute atomic E-state index is 0.644. The molecule has 3 unspecified atom stereocenters. The van der Waals surface area contributed by atoms with Gasteiger partial charge in [-0.1, -0.05) is 20.8 Å². The first-order chi connectivity index (χ1) is 7.12. The van der Waals surface area contributed by atoms with Crippen LogP contribution in [0.3, 0.4) is 0 Å². The molecular weight excluding hydrogens is 182 g/mol. The fourth-order valence-electron chi connectivity index (χ4n) is 4.15. The molecule has 4 rings (SSSR count). The third kappa shape index (κ3) is 1.54. The lowest BCUT2D eigenvalue weighted by Gasteiger charge is -2.41. The average molecular weight is 207 g/mol. The van der Waals surface area contributed by atoms with Crippen molar-refractivity contribution in [3.8, 4) is 0 Å². The summed E-state index contributed by atoms with van der Waals surface area (Å²) in [5, 5.41) is 0. The zero-order valence-electron chi connectivity index (χ0n) is 10.5. The van der Waals surface area contributed by atoms with Crippen molar-refractivity contribution < 1.29 is 0 Å². The predicted molar refractivity (Wildman–Crippen MR) is 63.8 cm³/mol. The number of nitrogens with zero attached hydrogens (tertiary/aromatic N) is 1. The van der Waals surface area contributed by atoms with Crippen molar-refractivity contribution in [1.82, 2.24) is 4.90 Å². The summed E-state index contributed by atoms with van der Waals surface area (Å²) in [6.07, 6.45) is 6.03.